The van der Waals surface area contributed by atoms with Crippen molar-refractivity contribution in [1.82, 2.24) is 0 Å². The smallest absolute Gasteiger partial charge is 0.550 e. The van der Waals surface area contributed by atoms with Gasteiger partial charge >= 0.3 is 27.3 Å². The van der Waals surface area contributed by atoms with Crippen molar-refractivity contribution in [2.75, 3.05) is 0 Å². The first-order chi connectivity index (χ1) is 28.3. The van der Waals surface area contributed by atoms with Crippen LogP contribution in [-0.4, -0.2) is 39.2 Å². The van der Waals surface area contributed by atoms with Crippen LogP contribution in [0.25, 0.3) is 12.2 Å². The van der Waals surface area contributed by atoms with Gasteiger partial charge in [-0.05, 0) is 85.5 Å². The van der Waals surface area contributed by atoms with Crippen LogP contribution in [0.15, 0.2) is 61.7 Å². The average Bonchev–Trinajstić information content (AvgIpc) is 3.23. The van der Waals surface area contributed by atoms with Crippen LogP contribution in [0, 0.1) is 0 Å². The van der Waals surface area contributed by atoms with Crippen molar-refractivity contribution in [1.29, 1.82) is 0 Å². The van der Waals surface area contributed by atoms with E-state index in [1.54, 1.807) is 0 Å². The molecule has 2 radical (unpaired) electrons. The van der Waals surface area contributed by atoms with Crippen molar-refractivity contribution < 1.29 is 19.8 Å². The summed E-state index contributed by atoms with van der Waals surface area (Å²) in [6.45, 7) is 12.3. The minimum absolute atomic E-state index is 0. The Morgan fingerprint density at radius 1 is 0.424 bits per heavy atom. The minimum Gasteiger partial charge on any atom is -0.550 e. The van der Waals surface area contributed by atoms with E-state index in [0.29, 0.717) is 11.8 Å². The van der Waals surface area contributed by atoms with E-state index in [1.165, 1.54) is 176 Å². The minimum atomic E-state index is -0.916. The summed E-state index contributed by atoms with van der Waals surface area (Å²) in [6.07, 6.45) is 41.8. The molecule has 0 heterocycles. The largest absolute Gasteiger partial charge is 2.00 e. The first kappa shape index (κ1) is 56.8. The quantitative estimate of drug-likeness (QED) is 0.0496. The molecule has 0 aliphatic rings. The van der Waals surface area contributed by atoms with E-state index in [-0.39, 0.29) is 40.1 Å². The van der Waals surface area contributed by atoms with Gasteiger partial charge in [0.1, 0.15) is 0 Å². The summed E-state index contributed by atoms with van der Waals surface area (Å²) >= 11 is 0. The summed E-state index contributed by atoms with van der Waals surface area (Å²) in [5, 5.41) is 20.9. The zero-order chi connectivity index (χ0) is 42.3. The zero-order valence-corrected chi connectivity index (χ0v) is 42.0. The van der Waals surface area contributed by atoms with Crippen molar-refractivity contribution in [3.63, 3.8) is 0 Å². The molecule has 2 aromatic carbocycles. The van der Waals surface area contributed by atoms with Gasteiger partial charge in [-0.15, -0.1) is 0 Å². The Balaban J connectivity index is 0.00000112. The summed E-state index contributed by atoms with van der Waals surface area (Å²) < 4.78 is 0. The van der Waals surface area contributed by atoms with Crippen LogP contribution in [0.5, 0.6) is 0 Å². The summed E-state index contributed by atoms with van der Waals surface area (Å²) in [6, 6.07) is 17.9. The van der Waals surface area contributed by atoms with Gasteiger partial charge in [-0.25, -0.2) is 0 Å². The van der Waals surface area contributed by atoms with Crippen molar-refractivity contribution in [3.05, 3.63) is 83.9 Å². The standard InChI is InChI=1S/2C27H44O2.Pb/c2*1-3-5-6-7-8-11-14-17-25(26-22-20-24(4-2)21-23-26)18-15-12-9-10-13-16-19-27(28)29;/h2*4,20-23,25H,2-3,5-19H2,1H3,(H,28,29);/q;;+2/p-2. The van der Waals surface area contributed by atoms with Gasteiger partial charge in [0.2, 0.25) is 0 Å². The Kier molecular flexibility index (Phi) is 39.6. The first-order valence-corrected chi connectivity index (χ1v) is 24.2. The molecular weight excluding hydrogens is 920 g/mol. The number of rotatable bonds is 38. The molecule has 0 N–H and O–H groups in total. The molecule has 0 aliphatic heterocycles. The molecular formula is C54H86O4Pb. The number of hydrogen-bond donors (Lipinski definition) is 0. The van der Waals surface area contributed by atoms with Crippen molar-refractivity contribution in [3.8, 4) is 0 Å². The van der Waals surface area contributed by atoms with E-state index >= 15 is 0 Å². The number of carbonyl (C=O) groups excluding carboxylic acids is 2. The average molecular weight is 1010 g/mol. The van der Waals surface area contributed by atoms with Crippen LogP contribution in [0.3, 0.4) is 0 Å². The van der Waals surface area contributed by atoms with E-state index in [0.717, 1.165) is 38.5 Å². The third-order valence-corrected chi connectivity index (χ3v) is 12.0. The van der Waals surface area contributed by atoms with Crippen molar-refractivity contribution in [2.24, 2.45) is 0 Å². The Morgan fingerprint density at radius 3 is 0.898 bits per heavy atom. The number of benzene rings is 2. The fraction of sp³-hybridized carbons (Fsp3) is 0.667. The summed E-state index contributed by atoms with van der Waals surface area (Å²) in [7, 11) is 0. The number of carbonyl (C=O) groups is 2. The van der Waals surface area contributed by atoms with Crippen LogP contribution in [0.4, 0.5) is 0 Å². The van der Waals surface area contributed by atoms with Crippen LogP contribution >= 0.6 is 0 Å². The summed E-state index contributed by atoms with van der Waals surface area (Å²) in [4.78, 5) is 20.9. The van der Waals surface area contributed by atoms with Crippen LogP contribution < -0.4 is 10.2 Å². The molecule has 59 heavy (non-hydrogen) atoms. The van der Waals surface area contributed by atoms with Crippen molar-refractivity contribution >= 4 is 51.4 Å². The van der Waals surface area contributed by atoms with Gasteiger partial charge in [0.15, 0.2) is 0 Å². The Morgan fingerprint density at radius 2 is 0.661 bits per heavy atom. The second-order valence-electron chi connectivity index (χ2n) is 17.0. The number of unbranched alkanes of at least 4 members (excludes halogenated alkanes) is 22. The van der Waals surface area contributed by atoms with Gasteiger partial charge in [-0.2, -0.15) is 0 Å². The third-order valence-electron chi connectivity index (χ3n) is 12.0. The van der Waals surface area contributed by atoms with Gasteiger partial charge < -0.3 is 19.8 Å². The maximum absolute atomic E-state index is 10.4. The second kappa shape index (κ2) is 41.2. The Bertz CT molecular complexity index is 1170. The first-order valence-electron chi connectivity index (χ1n) is 24.2. The Hall–Kier alpha value is -2.22. The normalized spacial score (nSPS) is 11.8. The predicted octanol–water partition coefficient (Wildman–Crippen LogP) is 14.5. The van der Waals surface area contributed by atoms with E-state index in [2.05, 4.69) is 75.5 Å². The Labute approximate surface area is 384 Å². The number of carboxylic acids is 2. The van der Waals surface area contributed by atoms with E-state index in [9.17, 15) is 19.8 Å². The van der Waals surface area contributed by atoms with E-state index in [4.69, 9.17) is 0 Å². The SMILES string of the molecule is C=Cc1ccc(C(CCCCCCCCC)CCCCCCCCC(=O)[O-])cc1.C=Cc1ccc(C(CCCCCCCCC)CCCCCCCCC(=O)[O-])cc1.[Pb+2]. The molecule has 330 valence electrons. The molecule has 2 aromatic rings. The molecule has 4 nitrogen and oxygen atoms in total. The second-order valence-corrected chi connectivity index (χ2v) is 17.0. The molecule has 0 fully saturated rings. The predicted molar refractivity (Wildman–Crippen MR) is 253 cm³/mol. The number of hydrogen-bond acceptors (Lipinski definition) is 4. The third kappa shape index (κ3) is 33.1. The molecule has 2 rings (SSSR count). The van der Waals surface area contributed by atoms with Gasteiger partial charge in [0.05, 0.1) is 0 Å². The topological polar surface area (TPSA) is 80.3 Å². The number of carboxylic acid groups (broad SMARTS) is 2. The number of aliphatic carboxylic acids is 2. The van der Waals surface area contributed by atoms with E-state index < -0.39 is 11.9 Å². The van der Waals surface area contributed by atoms with E-state index in [1.807, 2.05) is 12.2 Å². The van der Waals surface area contributed by atoms with Gasteiger partial charge in [-0.1, -0.05) is 242 Å². The van der Waals surface area contributed by atoms with Crippen molar-refractivity contribution in [2.45, 2.75) is 231 Å². The molecule has 0 aromatic heterocycles. The molecule has 0 saturated heterocycles. The van der Waals surface area contributed by atoms with Gasteiger partial charge in [0.25, 0.3) is 0 Å². The molecule has 0 aliphatic carbocycles. The zero-order valence-electron chi connectivity index (χ0n) is 38.1. The molecule has 2 unspecified atom stereocenters. The summed E-state index contributed by atoms with van der Waals surface area (Å²) in [5.41, 5.74) is 5.35. The molecule has 0 spiro atoms. The maximum atomic E-state index is 10.4. The van der Waals surface area contributed by atoms with Crippen LogP contribution in [-0.2, 0) is 9.59 Å². The monoisotopic (exact) mass is 1010 g/mol. The van der Waals surface area contributed by atoms with Gasteiger partial charge in [0, 0.05) is 11.9 Å². The van der Waals surface area contributed by atoms with Crippen LogP contribution in [0.1, 0.15) is 253 Å². The molecule has 2 atom stereocenters. The molecule has 0 saturated carbocycles. The maximum Gasteiger partial charge on any atom is 2.00 e. The van der Waals surface area contributed by atoms with Gasteiger partial charge in [-0.3, -0.25) is 0 Å². The van der Waals surface area contributed by atoms with Crippen LogP contribution in [0.2, 0.25) is 0 Å². The molecule has 0 amide bonds. The fourth-order valence-corrected chi connectivity index (χ4v) is 8.19. The molecule has 0 bridgehead atoms. The fourth-order valence-electron chi connectivity index (χ4n) is 8.19. The molecule has 5 heteroatoms. The summed E-state index contributed by atoms with van der Waals surface area (Å²) in [5.74, 6) is -0.494.